The molecular formula is C27H27N5O4. The standard InChI is InChI=1S/C27H27N5O4/c1-18(33)31(16-15-30(2)3)21-11-9-20(10-12-21)28-26(19-7-5-4-6-8-19)25-23-17-22(32(35)36)13-14-24(23)29-27(25)34/h4-14,17,25H,15-16H2,1-3H3,(H,29,34). The summed E-state index contributed by atoms with van der Waals surface area (Å²) in [6.45, 7) is 2.81. The molecule has 2 amide bonds. The molecule has 9 nitrogen and oxygen atoms in total. The van der Waals surface area contributed by atoms with E-state index in [-0.39, 0.29) is 17.5 Å². The molecule has 0 saturated heterocycles. The lowest BCUT2D eigenvalue weighted by Crippen LogP contribution is -2.35. The number of hydrogen-bond donors (Lipinski definition) is 1. The number of aliphatic imine (C=N–C) groups is 1. The van der Waals surface area contributed by atoms with Gasteiger partial charge in [0.15, 0.2) is 0 Å². The highest BCUT2D eigenvalue weighted by atomic mass is 16.6. The summed E-state index contributed by atoms with van der Waals surface area (Å²) in [7, 11) is 3.90. The van der Waals surface area contributed by atoms with Crippen molar-refractivity contribution in [3.8, 4) is 0 Å². The second kappa shape index (κ2) is 10.5. The summed E-state index contributed by atoms with van der Waals surface area (Å²) in [5.41, 5.74) is 3.53. The molecule has 0 radical (unpaired) electrons. The van der Waals surface area contributed by atoms with Crippen LogP contribution >= 0.6 is 0 Å². The smallest absolute Gasteiger partial charge is 0.269 e. The Morgan fingerprint density at radius 1 is 1.03 bits per heavy atom. The fraction of sp³-hybridized carbons (Fsp3) is 0.222. The Balaban J connectivity index is 1.74. The SMILES string of the molecule is CC(=O)N(CCN(C)C)c1ccc(N=C(c2ccccc2)C2C(=O)Nc3ccc([N+](=O)[O-])cc32)cc1. The molecule has 36 heavy (non-hydrogen) atoms. The third-order valence-electron chi connectivity index (χ3n) is 5.98. The monoisotopic (exact) mass is 485 g/mol. The molecule has 1 aliphatic heterocycles. The van der Waals surface area contributed by atoms with Gasteiger partial charge in [0.25, 0.3) is 5.69 Å². The molecule has 1 unspecified atom stereocenters. The van der Waals surface area contributed by atoms with E-state index in [0.29, 0.717) is 29.2 Å². The van der Waals surface area contributed by atoms with Crippen molar-refractivity contribution in [1.29, 1.82) is 0 Å². The Labute approximate surface area is 209 Å². The van der Waals surface area contributed by atoms with Crippen LogP contribution in [0.15, 0.2) is 77.8 Å². The van der Waals surface area contributed by atoms with Gasteiger partial charge in [0, 0.05) is 49.1 Å². The number of carbonyl (C=O) groups excluding carboxylic acids is 2. The van der Waals surface area contributed by atoms with Gasteiger partial charge in [0.05, 0.1) is 16.3 Å². The second-order valence-electron chi connectivity index (χ2n) is 8.80. The lowest BCUT2D eigenvalue weighted by atomic mass is 9.90. The number of nitrogens with one attached hydrogen (secondary N) is 1. The number of non-ortho nitro benzene ring substituents is 1. The van der Waals surface area contributed by atoms with E-state index >= 15 is 0 Å². The predicted molar refractivity (Wildman–Crippen MR) is 140 cm³/mol. The largest absolute Gasteiger partial charge is 0.325 e. The number of benzene rings is 3. The quantitative estimate of drug-likeness (QED) is 0.290. The van der Waals surface area contributed by atoms with Crippen LogP contribution < -0.4 is 10.2 Å². The first kappa shape index (κ1) is 24.7. The highest BCUT2D eigenvalue weighted by Gasteiger charge is 2.36. The minimum Gasteiger partial charge on any atom is -0.325 e. The highest BCUT2D eigenvalue weighted by Crippen LogP contribution is 2.38. The van der Waals surface area contributed by atoms with E-state index in [0.717, 1.165) is 17.8 Å². The van der Waals surface area contributed by atoms with Gasteiger partial charge in [0.2, 0.25) is 11.8 Å². The number of nitrogens with zero attached hydrogens (tertiary/aromatic N) is 4. The minimum absolute atomic E-state index is 0.0566. The molecule has 9 heteroatoms. The van der Waals surface area contributed by atoms with Crippen LogP contribution in [-0.2, 0) is 9.59 Å². The maximum atomic E-state index is 13.1. The Kier molecular flexibility index (Phi) is 7.21. The Morgan fingerprint density at radius 2 is 1.72 bits per heavy atom. The first-order valence-corrected chi connectivity index (χ1v) is 11.5. The maximum absolute atomic E-state index is 13.1. The van der Waals surface area contributed by atoms with Crippen LogP contribution in [0.1, 0.15) is 24.0 Å². The average molecular weight is 486 g/mol. The van der Waals surface area contributed by atoms with E-state index in [1.54, 1.807) is 23.1 Å². The number of nitro groups is 1. The maximum Gasteiger partial charge on any atom is 0.269 e. The fourth-order valence-electron chi connectivity index (χ4n) is 4.15. The van der Waals surface area contributed by atoms with Crippen molar-refractivity contribution in [2.45, 2.75) is 12.8 Å². The molecule has 0 aromatic heterocycles. The van der Waals surface area contributed by atoms with Crippen LogP contribution in [-0.4, -0.2) is 54.5 Å². The third kappa shape index (κ3) is 5.31. The zero-order valence-corrected chi connectivity index (χ0v) is 20.3. The summed E-state index contributed by atoms with van der Waals surface area (Å²) in [5.74, 6) is -1.16. The Hall–Kier alpha value is -4.37. The van der Waals surface area contributed by atoms with Crippen molar-refractivity contribution in [3.05, 3.63) is 94.0 Å². The third-order valence-corrected chi connectivity index (χ3v) is 5.98. The number of amides is 2. The average Bonchev–Trinajstić information content (AvgIpc) is 3.18. The first-order chi connectivity index (χ1) is 17.2. The number of hydrogen-bond acceptors (Lipinski definition) is 6. The molecule has 0 bridgehead atoms. The molecule has 1 N–H and O–H groups in total. The van der Waals surface area contributed by atoms with Gasteiger partial charge in [-0.1, -0.05) is 30.3 Å². The normalized spacial score (nSPS) is 14.9. The number of fused-ring (bicyclic) bond motifs is 1. The Morgan fingerprint density at radius 3 is 2.33 bits per heavy atom. The summed E-state index contributed by atoms with van der Waals surface area (Å²) >= 11 is 0. The molecule has 1 aliphatic rings. The van der Waals surface area contributed by atoms with Gasteiger partial charge in [-0.25, -0.2) is 0 Å². The molecule has 0 fully saturated rings. The van der Waals surface area contributed by atoms with Crippen LogP contribution in [0.3, 0.4) is 0 Å². The zero-order valence-electron chi connectivity index (χ0n) is 20.3. The zero-order chi connectivity index (χ0) is 25.8. The first-order valence-electron chi connectivity index (χ1n) is 11.5. The van der Waals surface area contributed by atoms with Gasteiger partial charge in [-0.3, -0.25) is 24.7 Å². The molecule has 0 spiro atoms. The van der Waals surface area contributed by atoms with E-state index in [9.17, 15) is 19.7 Å². The fourth-order valence-corrected chi connectivity index (χ4v) is 4.15. The van der Waals surface area contributed by atoms with Crippen LogP contribution in [0, 0.1) is 10.1 Å². The molecule has 0 saturated carbocycles. The van der Waals surface area contributed by atoms with Crippen molar-refractivity contribution >= 4 is 40.3 Å². The lowest BCUT2D eigenvalue weighted by molar-refractivity contribution is -0.384. The molecule has 3 aromatic rings. The van der Waals surface area contributed by atoms with Crippen molar-refractivity contribution in [1.82, 2.24) is 4.90 Å². The van der Waals surface area contributed by atoms with Crippen LogP contribution in [0.2, 0.25) is 0 Å². The van der Waals surface area contributed by atoms with Crippen LogP contribution in [0.25, 0.3) is 0 Å². The summed E-state index contributed by atoms with van der Waals surface area (Å²) in [4.78, 5) is 44.7. The van der Waals surface area contributed by atoms with Gasteiger partial charge >= 0.3 is 0 Å². The van der Waals surface area contributed by atoms with E-state index in [4.69, 9.17) is 4.99 Å². The van der Waals surface area contributed by atoms with Crippen molar-refractivity contribution in [2.24, 2.45) is 4.99 Å². The summed E-state index contributed by atoms with van der Waals surface area (Å²) in [6.07, 6.45) is 0. The summed E-state index contributed by atoms with van der Waals surface area (Å²) in [5, 5.41) is 14.2. The molecule has 3 aromatic carbocycles. The van der Waals surface area contributed by atoms with E-state index < -0.39 is 10.8 Å². The van der Waals surface area contributed by atoms with Gasteiger partial charge in [0.1, 0.15) is 5.92 Å². The van der Waals surface area contributed by atoms with Gasteiger partial charge in [-0.15, -0.1) is 0 Å². The number of rotatable bonds is 8. The number of anilines is 2. The molecule has 4 rings (SSSR count). The molecule has 1 heterocycles. The van der Waals surface area contributed by atoms with Gasteiger partial charge < -0.3 is 15.1 Å². The second-order valence-corrected chi connectivity index (χ2v) is 8.80. The molecular weight excluding hydrogens is 458 g/mol. The number of carbonyl (C=O) groups is 2. The van der Waals surface area contributed by atoms with Crippen molar-refractivity contribution < 1.29 is 14.5 Å². The van der Waals surface area contributed by atoms with Crippen molar-refractivity contribution in [3.63, 3.8) is 0 Å². The van der Waals surface area contributed by atoms with E-state index in [1.807, 2.05) is 61.5 Å². The minimum atomic E-state index is -0.809. The summed E-state index contributed by atoms with van der Waals surface area (Å²) in [6, 6.07) is 20.9. The van der Waals surface area contributed by atoms with Gasteiger partial charge in [-0.05, 0) is 50.0 Å². The van der Waals surface area contributed by atoms with Gasteiger partial charge in [-0.2, -0.15) is 0 Å². The predicted octanol–water partition coefficient (Wildman–Crippen LogP) is 4.37. The topological polar surface area (TPSA) is 108 Å². The number of likely N-dealkylation sites (N-methyl/N-ethyl adjacent to an activating group) is 1. The molecule has 1 atom stereocenters. The van der Waals surface area contributed by atoms with Crippen LogP contribution in [0.5, 0.6) is 0 Å². The number of nitro benzene ring substituents is 1. The van der Waals surface area contributed by atoms with Crippen molar-refractivity contribution in [2.75, 3.05) is 37.4 Å². The highest BCUT2D eigenvalue weighted by molar-refractivity contribution is 6.24. The Bertz CT molecular complexity index is 1320. The van der Waals surface area contributed by atoms with Crippen LogP contribution in [0.4, 0.5) is 22.7 Å². The van der Waals surface area contributed by atoms with E-state index in [1.165, 1.54) is 19.1 Å². The summed E-state index contributed by atoms with van der Waals surface area (Å²) < 4.78 is 0. The lowest BCUT2D eigenvalue weighted by Gasteiger charge is -2.23. The molecule has 0 aliphatic carbocycles. The van der Waals surface area contributed by atoms with E-state index in [2.05, 4.69) is 5.32 Å². The molecule has 184 valence electrons.